The Morgan fingerprint density at radius 3 is 2.50 bits per heavy atom. The lowest BCUT2D eigenvalue weighted by atomic mass is 10.1. The van der Waals surface area contributed by atoms with Gasteiger partial charge in [0.15, 0.2) is 0 Å². The van der Waals surface area contributed by atoms with Gasteiger partial charge in [-0.3, -0.25) is 4.90 Å². The van der Waals surface area contributed by atoms with Crippen LogP contribution in [-0.4, -0.2) is 32.9 Å². The van der Waals surface area contributed by atoms with Gasteiger partial charge in [-0.05, 0) is 48.5 Å². The second-order valence-corrected chi connectivity index (χ2v) is 7.49. The van der Waals surface area contributed by atoms with E-state index in [1.807, 2.05) is 6.07 Å². The molecular weight excluding hydrogens is 401 g/mol. The van der Waals surface area contributed by atoms with Gasteiger partial charge in [0, 0.05) is 17.9 Å². The quantitative estimate of drug-likeness (QED) is 0.382. The summed E-state index contributed by atoms with van der Waals surface area (Å²) in [6.07, 6.45) is 1.49. The van der Waals surface area contributed by atoms with Crippen molar-refractivity contribution in [2.24, 2.45) is 0 Å². The lowest BCUT2D eigenvalue weighted by Crippen LogP contribution is -2.21. The fourth-order valence-electron chi connectivity index (χ4n) is 3.40. The van der Waals surface area contributed by atoms with Crippen molar-refractivity contribution < 1.29 is 4.39 Å². The Morgan fingerprint density at radius 1 is 1.03 bits per heavy atom. The summed E-state index contributed by atoms with van der Waals surface area (Å²) >= 11 is 5.89. The molecule has 0 saturated carbocycles. The number of fused-ring (bicyclic) bond motifs is 1. The molecule has 2 heterocycles. The smallest absolute Gasteiger partial charge is 0.143 e. The first-order valence-corrected chi connectivity index (χ1v) is 10.3. The Hall–Kier alpha value is -2.96. The fourth-order valence-corrected chi connectivity index (χ4v) is 3.58. The van der Waals surface area contributed by atoms with E-state index in [2.05, 4.69) is 63.3 Å². The number of benzene rings is 2. The van der Waals surface area contributed by atoms with Crippen molar-refractivity contribution in [1.29, 1.82) is 0 Å². The highest BCUT2D eigenvalue weighted by molar-refractivity contribution is 6.31. The molecule has 0 unspecified atom stereocenters. The molecule has 0 fully saturated rings. The summed E-state index contributed by atoms with van der Waals surface area (Å²) in [5.41, 5.74) is 4.70. The molecule has 30 heavy (non-hydrogen) atoms. The molecule has 0 aliphatic carbocycles. The molecule has 4 rings (SSSR count). The molecule has 4 aromatic rings. The van der Waals surface area contributed by atoms with Gasteiger partial charge in [-0.15, -0.1) is 0 Å². The maximum Gasteiger partial charge on any atom is 0.143 e. The van der Waals surface area contributed by atoms with Gasteiger partial charge < -0.3 is 10.3 Å². The minimum Gasteiger partial charge on any atom is -0.340 e. The largest absolute Gasteiger partial charge is 0.340 e. The molecule has 7 heteroatoms. The number of halogens is 2. The first kappa shape index (κ1) is 20.3. The number of hydrogen-bond donors (Lipinski definition) is 2. The Morgan fingerprint density at radius 2 is 1.80 bits per heavy atom. The van der Waals surface area contributed by atoms with Crippen molar-refractivity contribution in [3.8, 4) is 11.3 Å². The van der Waals surface area contributed by atoms with Gasteiger partial charge in [0.05, 0.1) is 10.4 Å². The maximum atomic E-state index is 13.4. The summed E-state index contributed by atoms with van der Waals surface area (Å²) in [5.74, 6) is 0.173. The molecule has 0 atom stereocenters. The summed E-state index contributed by atoms with van der Waals surface area (Å²) in [5, 5.41) is 4.10. The molecule has 5 nitrogen and oxygen atoms in total. The maximum absolute atomic E-state index is 13.4. The first-order chi connectivity index (χ1) is 14.6. The number of nitrogens with zero attached hydrogens (tertiary/aromatic N) is 3. The van der Waals surface area contributed by atoms with Gasteiger partial charge in [0.1, 0.15) is 23.6 Å². The van der Waals surface area contributed by atoms with E-state index in [-0.39, 0.29) is 5.02 Å². The van der Waals surface area contributed by atoms with Crippen LogP contribution in [-0.2, 0) is 6.54 Å². The molecule has 0 aliphatic rings. The number of rotatable bonds is 7. The predicted octanol–water partition coefficient (Wildman–Crippen LogP) is 6.00. The standard InChI is InChI=1S/C23H23ClFN5/c1-3-30(4-2)13-15-5-7-16(8-6-15)21-12-18-22(26-14-27-23(18)29-21)28-17-9-10-20(25)19(24)11-17/h5-12,14H,3-4,13H2,1-2H3,(H2,26,27,28,29). The summed E-state index contributed by atoms with van der Waals surface area (Å²) in [6, 6.07) is 15.0. The number of aromatic amines is 1. The summed E-state index contributed by atoms with van der Waals surface area (Å²) in [6.45, 7) is 7.37. The second-order valence-electron chi connectivity index (χ2n) is 7.08. The van der Waals surface area contributed by atoms with Crippen LogP contribution in [0.15, 0.2) is 54.9 Å². The molecule has 154 valence electrons. The lowest BCUT2D eigenvalue weighted by molar-refractivity contribution is 0.296. The SMILES string of the molecule is CCN(CC)Cc1ccc(-c2cc3c(Nc4ccc(F)c(Cl)c4)ncnc3[nH]2)cc1. The molecule has 2 N–H and O–H groups in total. The van der Waals surface area contributed by atoms with Crippen LogP contribution in [0.4, 0.5) is 15.9 Å². The zero-order chi connectivity index (χ0) is 21.1. The van der Waals surface area contributed by atoms with Crippen LogP contribution < -0.4 is 5.32 Å². The highest BCUT2D eigenvalue weighted by Crippen LogP contribution is 2.29. The number of aromatic nitrogens is 3. The number of anilines is 2. The van der Waals surface area contributed by atoms with Crippen LogP contribution in [0.25, 0.3) is 22.3 Å². The van der Waals surface area contributed by atoms with Gasteiger partial charge in [-0.25, -0.2) is 14.4 Å². The molecule has 0 saturated heterocycles. The molecule has 0 spiro atoms. The highest BCUT2D eigenvalue weighted by atomic mass is 35.5. The topological polar surface area (TPSA) is 56.8 Å². The van der Waals surface area contributed by atoms with Gasteiger partial charge >= 0.3 is 0 Å². The van der Waals surface area contributed by atoms with Crippen LogP contribution in [0.3, 0.4) is 0 Å². The van der Waals surface area contributed by atoms with E-state index in [0.29, 0.717) is 11.5 Å². The van der Waals surface area contributed by atoms with Gasteiger partial charge in [0.25, 0.3) is 0 Å². The molecule has 0 amide bonds. The molecule has 0 radical (unpaired) electrons. The zero-order valence-corrected chi connectivity index (χ0v) is 17.7. The average Bonchev–Trinajstić information content (AvgIpc) is 3.20. The molecule has 2 aromatic heterocycles. The number of hydrogen-bond acceptors (Lipinski definition) is 4. The summed E-state index contributed by atoms with van der Waals surface area (Å²) in [4.78, 5) is 14.4. The van der Waals surface area contributed by atoms with Gasteiger partial charge in [0.2, 0.25) is 0 Å². The van der Waals surface area contributed by atoms with Gasteiger partial charge in [-0.1, -0.05) is 49.7 Å². The van der Waals surface area contributed by atoms with E-state index >= 15 is 0 Å². The number of H-pyrrole nitrogens is 1. The summed E-state index contributed by atoms with van der Waals surface area (Å²) < 4.78 is 13.4. The van der Waals surface area contributed by atoms with Crippen LogP contribution in [0.1, 0.15) is 19.4 Å². The van der Waals surface area contributed by atoms with E-state index in [9.17, 15) is 4.39 Å². The minimum absolute atomic E-state index is 0.0601. The third-order valence-electron chi connectivity index (χ3n) is 5.17. The predicted molar refractivity (Wildman–Crippen MR) is 121 cm³/mol. The van der Waals surface area contributed by atoms with Crippen molar-refractivity contribution >= 4 is 34.1 Å². The van der Waals surface area contributed by atoms with Crippen molar-refractivity contribution in [3.63, 3.8) is 0 Å². The van der Waals surface area contributed by atoms with Crippen molar-refractivity contribution in [1.82, 2.24) is 19.9 Å². The third-order valence-corrected chi connectivity index (χ3v) is 5.46. The third kappa shape index (κ3) is 4.30. The Labute approximate surface area is 179 Å². The van der Waals surface area contributed by atoms with Crippen LogP contribution in [0.2, 0.25) is 5.02 Å². The monoisotopic (exact) mass is 423 g/mol. The van der Waals surface area contributed by atoms with E-state index in [1.165, 1.54) is 24.0 Å². The fraction of sp³-hybridized carbons (Fsp3) is 0.217. The van der Waals surface area contributed by atoms with Crippen LogP contribution >= 0.6 is 11.6 Å². The zero-order valence-electron chi connectivity index (χ0n) is 16.9. The van der Waals surface area contributed by atoms with E-state index < -0.39 is 5.82 Å². The Kier molecular flexibility index (Phi) is 5.97. The van der Waals surface area contributed by atoms with Crippen molar-refractivity contribution in [2.75, 3.05) is 18.4 Å². The minimum atomic E-state index is -0.455. The molecule has 2 aromatic carbocycles. The van der Waals surface area contributed by atoms with Crippen molar-refractivity contribution in [3.05, 3.63) is 71.3 Å². The van der Waals surface area contributed by atoms with Crippen LogP contribution in [0.5, 0.6) is 0 Å². The van der Waals surface area contributed by atoms with E-state index in [1.54, 1.807) is 6.07 Å². The Balaban J connectivity index is 1.60. The van der Waals surface area contributed by atoms with Crippen molar-refractivity contribution in [2.45, 2.75) is 20.4 Å². The Bertz CT molecular complexity index is 1150. The van der Waals surface area contributed by atoms with E-state index in [4.69, 9.17) is 11.6 Å². The van der Waals surface area contributed by atoms with E-state index in [0.717, 1.165) is 41.9 Å². The van der Waals surface area contributed by atoms with Crippen LogP contribution in [0, 0.1) is 5.82 Å². The normalized spacial score (nSPS) is 11.4. The molecular formula is C23H23ClFN5. The lowest BCUT2D eigenvalue weighted by Gasteiger charge is -2.17. The molecule has 0 aliphatic heterocycles. The average molecular weight is 424 g/mol. The van der Waals surface area contributed by atoms with Gasteiger partial charge in [-0.2, -0.15) is 0 Å². The highest BCUT2D eigenvalue weighted by Gasteiger charge is 2.11. The number of nitrogens with one attached hydrogen (secondary N) is 2. The second kappa shape index (κ2) is 8.81. The first-order valence-electron chi connectivity index (χ1n) is 9.94. The molecule has 0 bridgehead atoms. The summed E-state index contributed by atoms with van der Waals surface area (Å²) in [7, 11) is 0.